The lowest BCUT2D eigenvalue weighted by Crippen LogP contribution is -2.45. The van der Waals surface area contributed by atoms with E-state index in [4.69, 9.17) is 9.47 Å². The van der Waals surface area contributed by atoms with E-state index in [1.165, 1.54) is 17.8 Å². The van der Waals surface area contributed by atoms with Crippen molar-refractivity contribution >= 4 is 34.8 Å². The number of nitrogens with zero attached hydrogens (tertiary/aromatic N) is 3. The van der Waals surface area contributed by atoms with Crippen LogP contribution in [0, 0.1) is 0 Å². The third-order valence-corrected chi connectivity index (χ3v) is 5.79. The smallest absolute Gasteiger partial charge is 0.420 e. The number of amides is 2. The zero-order valence-electron chi connectivity index (χ0n) is 20.6. The van der Waals surface area contributed by atoms with Crippen LogP contribution in [0.3, 0.4) is 0 Å². The van der Waals surface area contributed by atoms with Crippen molar-refractivity contribution in [2.75, 3.05) is 4.90 Å². The van der Waals surface area contributed by atoms with Gasteiger partial charge in [0.15, 0.2) is 0 Å². The van der Waals surface area contributed by atoms with Gasteiger partial charge in [0.2, 0.25) is 5.91 Å². The molecular formula is C26H30N4O5. The SMILES string of the molecule is CC(=O)N1c2ccc3c(ncn3C(=O)OC(C)(C)C)c2[C@H](NC(=O)OCc2ccccc2)C[C@@H]1C. The van der Waals surface area contributed by atoms with Gasteiger partial charge in [-0.3, -0.25) is 4.79 Å². The highest BCUT2D eigenvalue weighted by atomic mass is 16.6. The minimum Gasteiger partial charge on any atom is -0.445 e. The Morgan fingerprint density at radius 2 is 1.83 bits per heavy atom. The molecule has 0 radical (unpaired) electrons. The predicted molar refractivity (Wildman–Crippen MR) is 131 cm³/mol. The van der Waals surface area contributed by atoms with E-state index >= 15 is 0 Å². The molecule has 0 fully saturated rings. The Labute approximate surface area is 204 Å². The van der Waals surface area contributed by atoms with Crippen LogP contribution in [-0.2, 0) is 20.9 Å². The molecule has 9 heteroatoms. The minimum absolute atomic E-state index is 0.116. The lowest BCUT2D eigenvalue weighted by molar-refractivity contribution is -0.117. The fourth-order valence-corrected chi connectivity index (χ4v) is 4.42. The molecule has 0 saturated carbocycles. The largest absolute Gasteiger partial charge is 0.445 e. The van der Waals surface area contributed by atoms with E-state index in [1.807, 2.05) is 37.3 Å². The maximum absolute atomic E-state index is 12.8. The maximum atomic E-state index is 12.8. The van der Waals surface area contributed by atoms with Crippen LogP contribution in [0.25, 0.3) is 11.0 Å². The van der Waals surface area contributed by atoms with Gasteiger partial charge in [-0.15, -0.1) is 0 Å². The van der Waals surface area contributed by atoms with Crippen LogP contribution in [-0.4, -0.2) is 39.3 Å². The Kier molecular flexibility index (Phi) is 6.51. The van der Waals surface area contributed by atoms with Crippen molar-refractivity contribution in [3.63, 3.8) is 0 Å². The molecule has 2 heterocycles. The lowest BCUT2D eigenvalue weighted by Gasteiger charge is -2.39. The van der Waals surface area contributed by atoms with Gasteiger partial charge < -0.3 is 19.7 Å². The number of carbonyl (C=O) groups is 3. The summed E-state index contributed by atoms with van der Waals surface area (Å²) in [6.07, 6.45) is 0.738. The topological polar surface area (TPSA) is 103 Å². The Bertz CT molecular complexity index is 1260. The fourth-order valence-electron chi connectivity index (χ4n) is 4.42. The molecule has 0 bridgehead atoms. The maximum Gasteiger partial charge on any atom is 0.420 e. The molecule has 4 rings (SSSR count). The summed E-state index contributed by atoms with van der Waals surface area (Å²) in [5.74, 6) is -0.116. The predicted octanol–water partition coefficient (Wildman–Crippen LogP) is 4.93. The van der Waals surface area contributed by atoms with Gasteiger partial charge >= 0.3 is 12.2 Å². The molecule has 1 aromatic heterocycles. The number of carbonyl (C=O) groups excluding carboxylic acids is 3. The summed E-state index contributed by atoms with van der Waals surface area (Å²) in [5.41, 5.74) is 2.55. The molecule has 0 unspecified atom stereocenters. The highest BCUT2D eigenvalue weighted by molar-refractivity contribution is 5.99. The second kappa shape index (κ2) is 9.40. The minimum atomic E-state index is -0.671. The summed E-state index contributed by atoms with van der Waals surface area (Å²) < 4.78 is 12.3. The van der Waals surface area contributed by atoms with Crippen LogP contribution in [0.4, 0.5) is 15.3 Å². The van der Waals surface area contributed by atoms with E-state index < -0.39 is 23.8 Å². The molecule has 1 aliphatic rings. The van der Waals surface area contributed by atoms with Crippen molar-refractivity contribution < 1.29 is 23.9 Å². The van der Waals surface area contributed by atoms with E-state index in [0.29, 0.717) is 28.7 Å². The molecule has 2 atom stereocenters. The van der Waals surface area contributed by atoms with Crippen molar-refractivity contribution in [2.45, 2.75) is 65.3 Å². The number of nitrogens with one attached hydrogen (secondary N) is 1. The summed E-state index contributed by atoms with van der Waals surface area (Å²) in [5, 5.41) is 2.94. The van der Waals surface area contributed by atoms with Gasteiger partial charge in [0, 0.05) is 18.5 Å². The van der Waals surface area contributed by atoms with Gasteiger partial charge in [0.25, 0.3) is 0 Å². The van der Waals surface area contributed by atoms with Crippen molar-refractivity contribution in [1.29, 1.82) is 0 Å². The van der Waals surface area contributed by atoms with E-state index in [1.54, 1.807) is 37.8 Å². The molecule has 1 N–H and O–H groups in total. The van der Waals surface area contributed by atoms with Crippen molar-refractivity contribution in [1.82, 2.24) is 14.9 Å². The number of alkyl carbamates (subject to hydrolysis) is 1. The highest BCUT2D eigenvalue weighted by Crippen LogP contribution is 2.41. The molecule has 3 aromatic rings. The third kappa shape index (κ3) is 5.13. The summed E-state index contributed by atoms with van der Waals surface area (Å²) >= 11 is 0. The first kappa shape index (κ1) is 24.3. The Hall–Kier alpha value is -3.88. The number of anilines is 1. The van der Waals surface area contributed by atoms with E-state index in [-0.39, 0.29) is 18.6 Å². The Morgan fingerprint density at radius 1 is 1.11 bits per heavy atom. The molecule has 2 aromatic carbocycles. The van der Waals surface area contributed by atoms with E-state index in [9.17, 15) is 14.4 Å². The quantitative estimate of drug-likeness (QED) is 0.572. The van der Waals surface area contributed by atoms with E-state index in [2.05, 4.69) is 10.3 Å². The third-order valence-electron chi connectivity index (χ3n) is 5.79. The summed E-state index contributed by atoms with van der Waals surface area (Å²) in [6, 6.07) is 12.3. The molecule has 2 amide bonds. The summed E-state index contributed by atoms with van der Waals surface area (Å²) in [4.78, 5) is 44.1. The van der Waals surface area contributed by atoms with Crippen LogP contribution in [0.5, 0.6) is 0 Å². The Balaban J connectivity index is 1.68. The average molecular weight is 479 g/mol. The number of fused-ring (bicyclic) bond motifs is 3. The van der Waals surface area contributed by atoms with Crippen molar-refractivity contribution in [2.24, 2.45) is 0 Å². The van der Waals surface area contributed by atoms with E-state index in [0.717, 1.165) is 5.56 Å². The van der Waals surface area contributed by atoms with Crippen LogP contribution >= 0.6 is 0 Å². The summed E-state index contributed by atoms with van der Waals surface area (Å²) in [7, 11) is 0. The monoisotopic (exact) mass is 478 g/mol. The first-order valence-electron chi connectivity index (χ1n) is 11.6. The van der Waals surface area contributed by atoms with Gasteiger partial charge in [-0.1, -0.05) is 30.3 Å². The van der Waals surface area contributed by atoms with Gasteiger partial charge in [0.1, 0.15) is 18.5 Å². The second-order valence-electron chi connectivity index (χ2n) is 9.69. The molecule has 0 spiro atoms. The second-order valence-corrected chi connectivity index (χ2v) is 9.69. The number of ether oxygens (including phenoxy) is 2. The van der Waals surface area contributed by atoms with Gasteiger partial charge in [0.05, 0.1) is 22.8 Å². The zero-order chi connectivity index (χ0) is 25.3. The molecule has 184 valence electrons. The number of aromatic nitrogens is 2. The molecular weight excluding hydrogens is 448 g/mol. The number of imidazole rings is 1. The van der Waals surface area contributed by atoms with Gasteiger partial charge in [-0.05, 0) is 51.8 Å². The Morgan fingerprint density at radius 3 is 2.49 bits per heavy atom. The molecule has 0 aliphatic carbocycles. The average Bonchev–Trinajstić information content (AvgIpc) is 3.21. The van der Waals surface area contributed by atoms with Gasteiger partial charge in [-0.25, -0.2) is 19.1 Å². The highest BCUT2D eigenvalue weighted by Gasteiger charge is 2.36. The molecule has 0 saturated heterocycles. The van der Waals surface area contributed by atoms with Crippen LogP contribution in [0.2, 0.25) is 0 Å². The van der Waals surface area contributed by atoms with Crippen LogP contribution in [0.1, 0.15) is 58.2 Å². The normalized spacial score (nSPS) is 17.6. The number of hydrogen-bond acceptors (Lipinski definition) is 6. The number of benzene rings is 2. The van der Waals surface area contributed by atoms with Crippen molar-refractivity contribution in [3.8, 4) is 0 Å². The zero-order valence-corrected chi connectivity index (χ0v) is 20.6. The lowest BCUT2D eigenvalue weighted by atomic mass is 9.90. The number of hydrogen-bond donors (Lipinski definition) is 1. The first-order chi connectivity index (χ1) is 16.5. The first-order valence-corrected chi connectivity index (χ1v) is 11.6. The van der Waals surface area contributed by atoms with Crippen LogP contribution in [0.15, 0.2) is 48.8 Å². The molecule has 9 nitrogen and oxygen atoms in total. The fraction of sp³-hybridized carbons (Fsp3) is 0.385. The van der Waals surface area contributed by atoms with Crippen molar-refractivity contribution in [3.05, 3.63) is 59.9 Å². The van der Waals surface area contributed by atoms with Gasteiger partial charge in [-0.2, -0.15) is 0 Å². The molecule has 35 heavy (non-hydrogen) atoms. The summed E-state index contributed by atoms with van der Waals surface area (Å²) in [6.45, 7) is 8.94. The standard InChI is InChI=1S/C26H30N4O5/c1-16-13-19(28-24(32)34-14-18-9-7-6-8-10-18)22-20(30(16)17(2)31)11-12-21-23(22)27-15-29(21)25(33)35-26(3,4)5/h6-12,15-16,19H,13-14H2,1-5H3,(H,28,32)/t16-,19+/m0/s1. The van der Waals surface area contributed by atoms with Crippen LogP contribution < -0.4 is 10.2 Å². The molecule has 1 aliphatic heterocycles. The number of rotatable bonds is 3.